The third-order valence-electron chi connectivity index (χ3n) is 11.1. The lowest BCUT2D eigenvalue weighted by molar-refractivity contribution is 0.0170. The van der Waals surface area contributed by atoms with Crippen LogP contribution in [0.5, 0.6) is 0 Å². The van der Waals surface area contributed by atoms with Crippen molar-refractivity contribution in [3.8, 4) is 22.8 Å². The number of hydrogen-bond acceptors (Lipinski definition) is 5. The minimum absolute atomic E-state index is 0.189. The number of pyridine rings is 4. The van der Waals surface area contributed by atoms with Crippen molar-refractivity contribution in [3.05, 3.63) is 94.6 Å². The molecule has 5 heteroatoms. The van der Waals surface area contributed by atoms with Crippen LogP contribution in [-0.2, 0) is 12.8 Å². The van der Waals surface area contributed by atoms with Gasteiger partial charge in [0.05, 0.1) is 22.8 Å². The standard InChI is InChI=1S/C35H34N4O/c1-34(2)19-15-23(34)21-11-13-27(38-31(21)17-19)25-7-5-9-29(36-25)33(40)30-10-6-8-26(37-30)28-14-12-22-24-16-20(35(24,3)4)18-32(22)39-28/h5-14,19-20,23-24H,15-18H2,1-4H3/t19-,20-,23+,24+/m1/s1. The van der Waals surface area contributed by atoms with Crippen LogP contribution in [0.3, 0.4) is 0 Å². The van der Waals surface area contributed by atoms with Crippen molar-refractivity contribution < 1.29 is 4.79 Å². The Kier molecular flexibility index (Phi) is 4.91. The maximum absolute atomic E-state index is 13.6. The first-order chi connectivity index (χ1) is 19.2. The van der Waals surface area contributed by atoms with Gasteiger partial charge < -0.3 is 0 Å². The second kappa shape index (κ2) is 8.15. The predicted octanol–water partition coefficient (Wildman–Crippen LogP) is 7.20. The Morgan fingerprint density at radius 2 is 1.02 bits per heavy atom. The van der Waals surface area contributed by atoms with Gasteiger partial charge in [-0.05, 0) is 108 Å². The van der Waals surface area contributed by atoms with E-state index in [0.29, 0.717) is 45.9 Å². The van der Waals surface area contributed by atoms with Gasteiger partial charge in [0.1, 0.15) is 11.4 Å². The number of carbonyl (C=O) groups is 1. The zero-order valence-corrected chi connectivity index (χ0v) is 23.6. The summed E-state index contributed by atoms with van der Waals surface area (Å²) < 4.78 is 0. The molecular formula is C35H34N4O. The van der Waals surface area contributed by atoms with E-state index in [1.807, 2.05) is 24.3 Å². The predicted molar refractivity (Wildman–Crippen MR) is 155 cm³/mol. The molecule has 0 unspecified atom stereocenters. The van der Waals surface area contributed by atoms with Gasteiger partial charge in [-0.1, -0.05) is 52.0 Å². The fraction of sp³-hybridized carbons (Fsp3) is 0.400. The minimum Gasteiger partial charge on any atom is -0.285 e. The Balaban J connectivity index is 1.07. The van der Waals surface area contributed by atoms with E-state index in [1.165, 1.54) is 35.4 Å². The molecule has 5 nitrogen and oxygen atoms in total. The Labute approximate surface area is 235 Å². The second-order valence-corrected chi connectivity index (χ2v) is 13.6. The maximum Gasteiger partial charge on any atom is 0.229 e. The van der Waals surface area contributed by atoms with E-state index >= 15 is 0 Å². The molecule has 6 aliphatic carbocycles. The van der Waals surface area contributed by atoms with Crippen molar-refractivity contribution >= 4 is 5.78 Å². The molecule has 4 aromatic rings. The summed E-state index contributed by atoms with van der Waals surface area (Å²) >= 11 is 0. The highest BCUT2D eigenvalue weighted by molar-refractivity contribution is 6.06. The van der Waals surface area contributed by atoms with Gasteiger partial charge in [0.2, 0.25) is 5.78 Å². The van der Waals surface area contributed by atoms with E-state index in [2.05, 4.69) is 52.0 Å². The Bertz CT molecular complexity index is 1600. The summed E-state index contributed by atoms with van der Waals surface area (Å²) in [6.45, 7) is 9.53. The number of ketones is 1. The summed E-state index contributed by atoms with van der Waals surface area (Å²) in [6, 6.07) is 19.8. The normalized spacial score (nSPS) is 26.1. The fourth-order valence-corrected chi connectivity index (χ4v) is 8.06. The van der Waals surface area contributed by atoms with Crippen molar-refractivity contribution in [3.63, 3.8) is 0 Å². The molecule has 4 aromatic heterocycles. The molecular weight excluding hydrogens is 492 g/mol. The van der Waals surface area contributed by atoms with Crippen molar-refractivity contribution in [2.75, 3.05) is 0 Å². The molecule has 4 bridgehead atoms. The molecule has 2 saturated carbocycles. The van der Waals surface area contributed by atoms with Crippen LogP contribution in [0.4, 0.5) is 0 Å². The zero-order valence-electron chi connectivity index (χ0n) is 23.6. The molecule has 0 N–H and O–H groups in total. The van der Waals surface area contributed by atoms with Crippen LogP contribution in [0.15, 0.2) is 60.7 Å². The van der Waals surface area contributed by atoms with Crippen LogP contribution in [0.2, 0.25) is 0 Å². The van der Waals surface area contributed by atoms with E-state index in [4.69, 9.17) is 19.9 Å². The molecule has 4 heterocycles. The highest BCUT2D eigenvalue weighted by Gasteiger charge is 2.53. The van der Waals surface area contributed by atoms with Crippen molar-refractivity contribution in [2.45, 2.75) is 65.2 Å². The summed E-state index contributed by atoms with van der Waals surface area (Å²) in [6.07, 6.45) is 4.60. The first-order valence-corrected chi connectivity index (χ1v) is 14.7. The first-order valence-electron chi connectivity index (χ1n) is 14.7. The lowest BCUT2D eigenvalue weighted by Gasteiger charge is -2.56. The summed E-state index contributed by atoms with van der Waals surface area (Å²) in [5.74, 6) is 2.42. The average molecular weight is 527 g/mol. The number of rotatable bonds is 4. The number of nitrogens with zero attached hydrogens (tertiary/aromatic N) is 4. The zero-order chi connectivity index (χ0) is 27.4. The van der Waals surface area contributed by atoms with Crippen LogP contribution in [-0.4, -0.2) is 25.7 Å². The molecule has 40 heavy (non-hydrogen) atoms. The van der Waals surface area contributed by atoms with Gasteiger partial charge in [-0.25, -0.2) is 9.97 Å². The Morgan fingerprint density at radius 1 is 0.600 bits per heavy atom. The topological polar surface area (TPSA) is 68.6 Å². The smallest absolute Gasteiger partial charge is 0.229 e. The third kappa shape index (κ3) is 3.36. The van der Waals surface area contributed by atoms with E-state index in [9.17, 15) is 4.79 Å². The summed E-state index contributed by atoms with van der Waals surface area (Å²) in [7, 11) is 0. The molecule has 0 aliphatic heterocycles. The number of hydrogen-bond donors (Lipinski definition) is 0. The van der Waals surface area contributed by atoms with Gasteiger partial charge in [0.15, 0.2) is 0 Å². The van der Waals surface area contributed by atoms with Crippen LogP contribution >= 0.6 is 0 Å². The lowest BCUT2D eigenvalue weighted by atomic mass is 9.48. The van der Waals surface area contributed by atoms with Crippen molar-refractivity contribution in [2.24, 2.45) is 22.7 Å². The molecule has 2 fully saturated rings. The molecule has 0 spiro atoms. The largest absolute Gasteiger partial charge is 0.285 e. The molecule has 0 aromatic carbocycles. The van der Waals surface area contributed by atoms with E-state index in [0.717, 1.165) is 35.6 Å². The molecule has 200 valence electrons. The van der Waals surface area contributed by atoms with Crippen LogP contribution in [0.25, 0.3) is 22.8 Å². The second-order valence-electron chi connectivity index (χ2n) is 13.6. The minimum atomic E-state index is -0.189. The third-order valence-corrected chi connectivity index (χ3v) is 11.1. The quantitative estimate of drug-likeness (QED) is 0.263. The maximum atomic E-state index is 13.6. The van der Waals surface area contributed by atoms with Gasteiger partial charge in [0.25, 0.3) is 0 Å². The average Bonchev–Trinajstić information content (AvgIpc) is 2.99. The molecule has 0 saturated heterocycles. The molecule has 6 aliphatic rings. The van der Waals surface area contributed by atoms with Crippen LogP contribution in [0.1, 0.15) is 91.1 Å². The SMILES string of the molecule is CC1(C)[C@H]2Cc3nc(-c4cccc(C(=O)c5cccc(-c6ccc7c(n6)C[C@H]6C[C@@H]7C6(C)C)n5)n4)ccc3[C@@H]1C2. The highest BCUT2D eigenvalue weighted by atomic mass is 16.1. The van der Waals surface area contributed by atoms with Crippen LogP contribution < -0.4 is 0 Å². The number of aromatic nitrogens is 4. The van der Waals surface area contributed by atoms with Crippen LogP contribution in [0, 0.1) is 22.7 Å². The summed E-state index contributed by atoms with van der Waals surface area (Å²) in [5.41, 5.74) is 9.78. The fourth-order valence-electron chi connectivity index (χ4n) is 8.06. The van der Waals surface area contributed by atoms with Gasteiger partial charge in [-0.2, -0.15) is 0 Å². The van der Waals surface area contributed by atoms with E-state index in [1.54, 1.807) is 12.1 Å². The monoisotopic (exact) mass is 526 g/mol. The Hall–Kier alpha value is -3.73. The molecule has 0 radical (unpaired) electrons. The lowest BCUT2D eigenvalue weighted by Crippen LogP contribution is -2.48. The number of carbonyl (C=O) groups excluding carboxylic acids is 1. The van der Waals surface area contributed by atoms with E-state index < -0.39 is 0 Å². The van der Waals surface area contributed by atoms with Gasteiger partial charge in [-0.3, -0.25) is 14.8 Å². The Morgan fingerprint density at radius 3 is 1.45 bits per heavy atom. The van der Waals surface area contributed by atoms with Gasteiger partial charge in [-0.15, -0.1) is 0 Å². The molecule has 10 rings (SSSR count). The molecule has 0 amide bonds. The van der Waals surface area contributed by atoms with Gasteiger partial charge in [0, 0.05) is 11.4 Å². The molecule has 4 atom stereocenters. The highest BCUT2D eigenvalue weighted by Crippen LogP contribution is 2.62. The summed E-state index contributed by atoms with van der Waals surface area (Å²) in [4.78, 5) is 33.1. The van der Waals surface area contributed by atoms with E-state index in [-0.39, 0.29) is 5.78 Å². The summed E-state index contributed by atoms with van der Waals surface area (Å²) in [5, 5.41) is 0. The van der Waals surface area contributed by atoms with Crippen molar-refractivity contribution in [1.29, 1.82) is 0 Å². The first kappa shape index (κ1) is 24.1. The van der Waals surface area contributed by atoms with Crippen molar-refractivity contribution in [1.82, 2.24) is 19.9 Å². The van der Waals surface area contributed by atoms with Gasteiger partial charge >= 0.3 is 0 Å².